The third-order valence-corrected chi connectivity index (χ3v) is 5.48. The van der Waals surface area contributed by atoms with E-state index in [0.29, 0.717) is 27.6 Å². The van der Waals surface area contributed by atoms with Crippen LogP contribution in [-0.2, 0) is 0 Å². The number of rotatable bonds is 5. The largest absolute Gasteiger partial charge is 0.497 e. The van der Waals surface area contributed by atoms with Crippen LogP contribution in [0.25, 0.3) is 0 Å². The summed E-state index contributed by atoms with van der Waals surface area (Å²) in [4.78, 5) is 41.5. The number of nitrogens with zero attached hydrogens (tertiary/aromatic N) is 2. The molecule has 0 saturated carbocycles. The SMILES string of the molecule is COc1cccc(N(CN2C(=O)c3ccccc3C2=O)C(=O)c2ccc(Cl)cc2Cl)c1. The Morgan fingerprint density at radius 2 is 1.61 bits per heavy atom. The van der Waals surface area contributed by atoms with Gasteiger partial charge in [0.15, 0.2) is 0 Å². The van der Waals surface area contributed by atoms with Crippen LogP contribution in [0.3, 0.4) is 0 Å². The van der Waals surface area contributed by atoms with Gasteiger partial charge >= 0.3 is 0 Å². The van der Waals surface area contributed by atoms with Gasteiger partial charge in [-0.2, -0.15) is 0 Å². The molecule has 0 aliphatic carbocycles. The maximum absolute atomic E-state index is 13.5. The normalized spacial score (nSPS) is 12.7. The highest BCUT2D eigenvalue weighted by Crippen LogP contribution is 2.29. The number of hydrogen-bond acceptors (Lipinski definition) is 4. The first-order valence-electron chi connectivity index (χ1n) is 9.27. The van der Waals surface area contributed by atoms with Gasteiger partial charge in [0.2, 0.25) is 0 Å². The van der Waals surface area contributed by atoms with Crippen LogP contribution in [0.2, 0.25) is 10.0 Å². The summed E-state index contributed by atoms with van der Waals surface area (Å²) in [6.45, 7) is -0.294. The van der Waals surface area contributed by atoms with E-state index >= 15 is 0 Å². The molecule has 1 aliphatic heterocycles. The number of anilines is 1. The maximum atomic E-state index is 13.5. The van der Waals surface area contributed by atoms with Crippen molar-refractivity contribution in [2.75, 3.05) is 18.7 Å². The molecule has 0 aromatic heterocycles. The molecule has 0 unspecified atom stereocenters. The first kappa shape index (κ1) is 20.9. The Balaban J connectivity index is 1.75. The molecular formula is C23H16Cl2N2O4. The topological polar surface area (TPSA) is 66.9 Å². The van der Waals surface area contributed by atoms with Crippen molar-refractivity contribution in [1.82, 2.24) is 4.90 Å². The number of hydrogen-bond donors (Lipinski definition) is 0. The number of fused-ring (bicyclic) bond motifs is 1. The van der Waals surface area contributed by atoms with Crippen LogP contribution < -0.4 is 9.64 Å². The zero-order valence-electron chi connectivity index (χ0n) is 16.3. The summed E-state index contributed by atoms with van der Waals surface area (Å²) < 4.78 is 5.26. The molecule has 156 valence electrons. The standard InChI is InChI=1S/C23H16Cl2N2O4/c1-31-16-6-4-5-15(12-16)26(23(30)19-10-9-14(24)11-20(19)25)13-27-21(28)17-7-2-3-8-18(17)22(27)29/h2-12H,13H2,1H3. The molecule has 0 atom stereocenters. The van der Waals surface area contributed by atoms with E-state index in [2.05, 4.69) is 0 Å². The molecule has 0 saturated heterocycles. The lowest BCUT2D eigenvalue weighted by Crippen LogP contribution is -2.44. The van der Waals surface area contributed by atoms with E-state index in [9.17, 15) is 14.4 Å². The molecule has 1 heterocycles. The van der Waals surface area contributed by atoms with E-state index in [1.54, 1.807) is 54.6 Å². The minimum Gasteiger partial charge on any atom is -0.497 e. The molecule has 1 aliphatic rings. The molecule has 0 bridgehead atoms. The zero-order valence-corrected chi connectivity index (χ0v) is 17.9. The van der Waals surface area contributed by atoms with Gasteiger partial charge in [-0.25, -0.2) is 0 Å². The Hall–Kier alpha value is -3.35. The summed E-state index contributed by atoms with van der Waals surface area (Å²) in [5, 5.41) is 0.544. The number of benzene rings is 3. The van der Waals surface area contributed by atoms with Crippen molar-refractivity contribution in [3.05, 3.63) is 93.5 Å². The quantitative estimate of drug-likeness (QED) is 0.514. The van der Waals surface area contributed by atoms with Gasteiger partial charge in [-0.05, 0) is 42.5 Å². The summed E-state index contributed by atoms with van der Waals surface area (Å²) in [6, 6.07) is 17.8. The Labute approximate surface area is 188 Å². The second-order valence-corrected chi connectivity index (χ2v) is 7.63. The zero-order chi connectivity index (χ0) is 22.1. The maximum Gasteiger partial charge on any atom is 0.263 e. The highest BCUT2D eigenvalue weighted by Gasteiger charge is 2.37. The summed E-state index contributed by atoms with van der Waals surface area (Å²) in [5.41, 5.74) is 1.22. The highest BCUT2D eigenvalue weighted by molar-refractivity contribution is 6.37. The lowest BCUT2D eigenvalue weighted by atomic mass is 10.1. The smallest absolute Gasteiger partial charge is 0.263 e. The van der Waals surface area contributed by atoms with Gasteiger partial charge in [0, 0.05) is 16.8 Å². The van der Waals surface area contributed by atoms with Gasteiger partial charge in [0.1, 0.15) is 12.4 Å². The minimum absolute atomic E-state index is 0.160. The Morgan fingerprint density at radius 3 is 2.23 bits per heavy atom. The third-order valence-electron chi connectivity index (χ3n) is 4.93. The van der Waals surface area contributed by atoms with Crippen LogP contribution in [0.1, 0.15) is 31.1 Å². The van der Waals surface area contributed by atoms with E-state index in [4.69, 9.17) is 27.9 Å². The fourth-order valence-corrected chi connectivity index (χ4v) is 3.85. The lowest BCUT2D eigenvalue weighted by Gasteiger charge is -2.27. The summed E-state index contributed by atoms with van der Waals surface area (Å²) >= 11 is 12.2. The van der Waals surface area contributed by atoms with Crippen molar-refractivity contribution in [2.24, 2.45) is 0 Å². The number of halogens is 2. The average molecular weight is 455 g/mol. The van der Waals surface area contributed by atoms with Crippen molar-refractivity contribution >= 4 is 46.6 Å². The van der Waals surface area contributed by atoms with Crippen molar-refractivity contribution < 1.29 is 19.1 Å². The number of amides is 3. The fraction of sp³-hybridized carbons (Fsp3) is 0.0870. The van der Waals surface area contributed by atoms with Crippen molar-refractivity contribution in [2.45, 2.75) is 0 Å². The van der Waals surface area contributed by atoms with E-state index in [1.165, 1.54) is 24.1 Å². The molecule has 8 heteroatoms. The summed E-state index contributed by atoms with van der Waals surface area (Å²) in [7, 11) is 1.51. The molecule has 4 rings (SSSR count). The second kappa shape index (κ2) is 8.41. The van der Waals surface area contributed by atoms with Crippen LogP contribution in [0.4, 0.5) is 5.69 Å². The number of ether oxygens (including phenoxy) is 1. The number of methoxy groups -OCH3 is 1. The number of imide groups is 1. The van der Waals surface area contributed by atoms with Gasteiger partial charge in [-0.3, -0.25) is 24.2 Å². The van der Waals surface area contributed by atoms with Crippen molar-refractivity contribution in [1.29, 1.82) is 0 Å². The molecule has 6 nitrogen and oxygen atoms in total. The van der Waals surface area contributed by atoms with Crippen LogP contribution in [-0.4, -0.2) is 36.4 Å². The molecule has 0 N–H and O–H groups in total. The molecule has 3 aromatic rings. The summed E-state index contributed by atoms with van der Waals surface area (Å²) in [5.74, 6) is -0.918. The monoisotopic (exact) mass is 454 g/mol. The minimum atomic E-state index is -0.494. The van der Waals surface area contributed by atoms with Crippen LogP contribution in [0.5, 0.6) is 5.75 Å². The Kier molecular flexibility index (Phi) is 5.67. The van der Waals surface area contributed by atoms with Crippen LogP contribution >= 0.6 is 23.2 Å². The Bertz CT molecular complexity index is 1180. The molecule has 3 amide bonds. The first-order chi connectivity index (χ1) is 14.9. The van der Waals surface area contributed by atoms with E-state index in [-0.39, 0.29) is 17.3 Å². The van der Waals surface area contributed by atoms with Crippen LogP contribution in [0, 0.1) is 0 Å². The predicted octanol–water partition coefficient (Wildman–Crippen LogP) is 4.90. The van der Waals surface area contributed by atoms with Gasteiger partial charge in [-0.1, -0.05) is 41.4 Å². The van der Waals surface area contributed by atoms with Gasteiger partial charge in [0.25, 0.3) is 17.7 Å². The van der Waals surface area contributed by atoms with Crippen molar-refractivity contribution in [3.8, 4) is 5.75 Å². The lowest BCUT2D eigenvalue weighted by molar-refractivity contribution is 0.0650. The average Bonchev–Trinajstić information content (AvgIpc) is 3.01. The molecule has 3 aromatic carbocycles. The van der Waals surface area contributed by atoms with Gasteiger partial charge in [-0.15, -0.1) is 0 Å². The fourth-order valence-electron chi connectivity index (χ4n) is 3.36. The van der Waals surface area contributed by atoms with E-state index in [1.807, 2.05) is 0 Å². The second-order valence-electron chi connectivity index (χ2n) is 6.78. The third kappa shape index (κ3) is 3.87. The number of carbonyl (C=O) groups is 3. The first-order valence-corrected chi connectivity index (χ1v) is 10.0. The highest BCUT2D eigenvalue weighted by atomic mass is 35.5. The van der Waals surface area contributed by atoms with E-state index in [0.717, 1.165) is 4.90 Å². The predicted molar refractivity (Wildman–Crippen MR) is 118 cm³/mol. The molecule has 0 spiro atoms. The molecular weight excluding hydrogens is 439 g/mol. The molecule has 0 fully saturated rings. The van der Waals surface area contributed by atoms with E-state index < -0.39 is 17.7 Å². The van der Waals surface area contributed by atoms with Crippen LogP contribution in [0.15, 0.2) is 66.7 Å². The molecule has 31 heavy (non-hydrogen) atoms. The number of carbonyl (C=O) groups excluding carboxylic acids is 3. The van der Waals surface area contributed by atoms with Gasteiger partial charge < -0.3 is 4.74 Å². The summed E-state index contributed by atoms with van der Waals surface area (Å²) in [6.07, 6.45) is 0. The van der Waals surface area contributed by atoms with Gasteiger partial charge in [0.05, 0.1) is 28.8 Å². The Morgan fingerprint density at radius 1 is 0.935 bits per heavy atom. The molecule has 0 radical (unpaired) electrons. The van der Waals surface area contributed by atoms with Crippen molar-refractivity contribution in [3.63, 3.8) is 0 Å².